The van der Waals surface area contributed by atoms with Crippen LogP contribution in [0.15, 0.2) is 30.3 Å². The number of aryl methyl sites for hydroxylation is 2. The number of benzene rings is 1. The Labute approximate surface area is 176 Å². The Morgan fingerprint density at radius 1 is 1.14 bits per heavy atom. The number of carbonyl (C=O) groups is 1. The van der Waals surface area contributed by atoms with Crippen LogP contribution in [0.25, 0.3) is 10.4 Å². The van der Waals surface area contributed by atoms with Gasteiger partial charge in [0, 0.05) is 43.1 Å². The van der Waals surface area contributed by atoms with Crippen LogP contribution in [0.1, 0.15) is 27.2 Å². The van der Waals surface area contributed by atoms with E-state index in [-0.39, 0.29) is 5.91 Å². The molecule has 0 bridgehead atoms. The summed E-state index contributed by atoms with van der Waals surface area (Å²) >= 11 is 1.64. The second kappa shape index (κ2) is 8.56. The van der Waals surface area contributed by atoms with E-state index in [1.54, 1.807) is 11.3 Å². The van der Waals surface area contributed by atoms with E-state index in [1.165, 1.54) is 21.6 Å². The van der Waals surface area contributed by atoms with Gasteiger partial charge in [-0.15, -0.1) is 11.3 Å². The molecule has 1 aromatic carbocycles. The van der Waals surface area contributed by atoms with Gasteiger partial charge in [-0.2, -0.15) is 0 Å². The van der Waals surface area contributed by atoms with Crippen LogP contribution < -0.4 is 5.32 Å². The molecule has 0 radical (unpaired) electrons. The summed E-state index contributed by atoms with van der Waals surface area (Å²) < 4.78 is 11.2. The van der Waals surface area contributed by atoms with Gasteiger partial charge in [0.2, 0.25) is 0 Å². The fourth-order valence-electron chi connectivity index (χ4n) is 4.83. The van der Waals surface area contributed by atoms with Crippen LogP contribution in [0.2, 0.25) is 0 Å². The molecule has 29 heavy (non-hydrogen) atoms. The molecule has 1 aliphatic carbocycles. The van der Waals surface area contributed by atoms with Crippen LogP contribution >= 0.6 is 11.3 Å². The summed E-state index contributed by atoms with van der Waals surface area (Å²) in [7, 11) is 0. The van der Waals surface area contributed by atoms with Crippen molar-refractivity contribution in [2.45, 2.75) is 25.3 Å². The first kappa shape index (κ1) is 19.2. The zero-order chi connectivity index (χ0) is 19.6. The molecular formula is C23H28N2O3S. The van der Waals surface area contributed by atoms with E-state index in [2.05, 4.69) is 40.5 Å². The normalized spacial score (nSPS) is 22.7. The topological polar surface area (TPSA) is 50.8 Å². The highest BCUT2D eigenvalue weighted by Gasteiger charge is 2.32. The minimum atomic E-state index is 0.0547. The van der Waals surface area contributed by atoms with Crippen molar-refractivity contribution in [1.82, 2.24) is 10.2 Å². The lowest BCUT2D eigenvalue weighted by Gasteiger charge is -2.37. The number of fused-ring (bicyclic) bond motifs is 3. The molecule has 2 saturated heterocycles. The average molecular weight is 413 g/mol. The molecule has 2 unspecified atom stereocenters. The highest BCUT2D eigenvalue weighted by atomic mass is 32.1. The maximum atomic E-state index is 13.0. The molecule has 2 fully saturated rings. The molecule has 0 spiro atoms. The van der Waals surface area contributed by atoms with Crippen molar-refractivity contribution >= 4 is 17.2 Å². The van der Waals surface area contributed by atoms with Gasteiger partial charge in [-0.25, -0.2) is 0 Å². The van der Waals surface area contributed by atoms with E-state index in [9.17, 15) is 4.79 Å². The molecule has 1 N–H and O–H groups in total. The molecule has 3 aliphatic rings. The molecule has 0 saturated carbocycles. The first-order valence-corrected chi connectivity index (χ1v) is 11.5. The summed E-state index contributed by atoms with van der Waals surface area (Å²) in [4.78, 5) is 17.6. The number of carbonyl (C=O) groups excluding carboxylic acids is 1. The van der Waals surface area contributed by atoms with Crippen molar-refractivity contribution in [3.8, 4) is 10.4 Å². The third-order valence-electron chi connectivity index (χ3n) is 6.45. The van der Waals surface area contributed by atoms with Crippen LogP contribution in [0.4, 0.5) is 0 Å². The van der Waals surface area contributed by atoms with Gasteiger partial charge in [-0.05, 0) is 42.0 Å². The second-order valence-corrected chi connectivity index (χ2v) is 9.22. The van der Waals surface area contributed by atoms with Crippen LogP contribution in [0, 0.1) is 5.92 Å². The first-order valence-electron chi connectivity index (χ1n) is 10.7. The second-order valence-electron chi connectivity index (χ2n) is 8.17. The smallest absolute Gasteiger partial charge is 0.261 e. The third-order valence-corrected chi connectivity index (χ3v) is 7.66. The van der Waals surface area contributed by atoms with E-state index in [0.717, 1.165) is 63.7 Å². The van der Waals surface area contributed by atoms with Gasteiger partial charge in [-0.1, -0.05) is 24.3 Å². The minimum absolute atomic E-state index is 0.0547. The van der Waals surface area contributed by atoms with Gasteiger partial charge in [0.25, 0.3) is 5.91 Å². The first-order chi connectivity index (χ1) is 14.3. The molecule has 2 aliphatic heterocycles. The maximum absolute atomic E-state index is 13.0. The molecule has 1 amide bonds. The lowest BCUT2D eigenvalue weighted by atomic mass is 9.91. The molecule has 2 atom stereocenters. The molecular weight excluding hydrogens is 384 g/mol. The molecule has 6 heteroatoms. The number of amides is 1. The Hall–Kier alpha value is -1.73. The van der Waals surface area contributed by atoms with Crippen molar-refractivity contribution in [3.05, 3.63) is 46.3 Å². The molecule has 154 valence electrons. The van der Waals surface area contributed by atoms with Crippen molar-refractivity contribution in [1.29, 1.82) is 0 Å². The third kappa shape index (κ3) is 3.99. The quantitative estimate of drug-likeness (QED) is 0.820. The zero-order valence-corrected chi connectivity index (χ0v) is 17.5. The Balaban J connectivity index is 1.29. The Kier molecular flexibility index (Phi) is 5.68. The summed E-state index contributed by atoms with van der Waals surface area (Å²) in [5.74, 6) is 0.538. The SMILES string of the molecule is O=C(NCC(C1CCOC1)N1CCOCC1)c1cc2c(s1)-c1ccccc1CC2. The largest absolute Gasteiger partial charge is 0.381 e. The van der Waals surface area contributed by atoms with Crippen LogP contribution in [-0.4, -0.2) is 62.9 Å². The highest BCUT2D eigenvalue weighted by Crippen LogP contribution is 2.39. The monoisotopic (exact) mass is 412 g/mol. The van der Waals surface area contributed by atoms with Gasteiger partial charge in [0.1, 0.15) is 0 Å². The molecule has 5 nitrogen and oxygen atoms in total. The Morgan fingerprint density at radius 3 is 2.79 bits per heavy atom. The molecule has 5 rings (SSSR count). The van der Waals surface area contributed by atoms with Gasteiger partial charge in [0.15, 0.2) is 0 Å². The van der Waals surface area contributed by atoms with E-state index in [0.29, 0.717) is 18.5 Å². The maximum Gasteiger partial charge on any atom is 0.261 e. The zero-order valence-electron chi connectivity index (χ0n) is 16.7. The van der Waals surface area contributed by atoms with E-state index in [1.807, 2.05) is 0 Å². The van der Waals surface area contributed by atoms with Crippen LogP contribution in [0.5, 0.6) is 0 Å². The number of rotatable bonds is 5. The fraction of sp³-hybridized carbons (Fsp3) is 0.522. The van der Waals surface area contributed by atoms with Crippen molar-refractivity contribution in [3.63, 3.8) is 0 Å². The number of hydrogen-bond donors (Lipinski definition) is 1. The lowest BCUT2D eigenvalue weighted by Crippen LogP contribution is -2.52. The summed E-state index contributed by atoms with van der Waals surface area (Å²) in [5, 5.41) is 3.24. The van der Waals surface area contributed by atoms with Crippen molar-refractivity contribution < 1.29 is 14.3 Å². The van der Waals surface area contributed by atoms with Crippen LogP contribution in [-0.2, 0) is 22.3 Å². The van der Waals surface area contributed by atoms with Crippen molar-refractivity contribution in [2.24, 2.45) is 5.92 Å². The van der Waals surface area contributed by atoms with Crippen LogP contribution in [0.3, 0.4) is 0 Å². The highest BCUT2D eigenvalue weighted by molar-refractivity contribution is 7.17. The molecule has 3 heterocycles. The predicted octanol–water partition coefficient (Wildman–Crippen LogP) is 2.98. The Morgan fingerprint density at radius 2 is 1.97 bits per heavy atom. The standard InChI is InChI=1S/C23H28N2O3S/c26-23(21-13-17-6-5-16-3-1-2-4-19(16)22(17)29-21)24-14-20(18-7-10-28-15-18)25-8-11-27-12-9-25/h1-4,13,18,20H,5-12,14-15H2,(H,24,26). The van der Waals surface area contributed by atoms with E-state index < -0.39 is 0 Å². The minimum Gasteiger partial charge on any atom is -0.381 e. The van der Waals surface area contributed by atoms with E-state index in [4.69, 9.17) is 9.47 Å². The van der Waals surface area contributed by atoms with Gasteiger partial charge < -0.3 is 14.8 Å². The number of nitrogens with one attached hydrogen (secondary N) is 1. The summed E-state index contributed by atoms with van der Waals surface area (Å²) in [5.41, 5.74) is 4.00. The molecule has 1 aromatic heterocycles. The van der Waals surface area contributed by atoms with Gasteiger partial charge in [-0.3, -0.25) is 9.69 Å². The van der Waals surface area contributed by atoms with Crippen molar-refractivity contribution in [2.75, 3.05) is 46.1 Å². The molecule has 2 aromatic rings. The van der Waals surface area contributed by atoms with Gasteiger partial charge >= 0.3 is 0 Å². The Bertz CT molecular complexity index is 869. The summed E-state index contributed by atoms with van der Waals surface area (Å²) in [6.45, 7) is 5.71. The average Bonchev–Trinajstić information content (AvgIpc) is 3.45. The number of ether oxygens (including phenoxy) is 2. The number of morpholine rings is 1. The fourth-order valence-corrected chi connectivity index (χ4v) is 6.01. The van der Waals surface area contributed by atoms with Gasteiger partial charge in [0.05, 0.1) is 24.7 Å². The number of thiophene rings is 1. The summed E-state index contributed by atoms with van der Waals surface area (Å²) in [6.07, 6.45) is 3.15. The summed E-state index contributed by atoms with van der Waals surface area (Å²) in [6, 6.07) is 11.0. The number of nitrogens with zero attached hydrogens (tertiary/aromatic N) is 1. The number of hydrogen-bond acceptors (Lipinski definition) is 5. The lowest BCUT2D eigenvalue weighted by molar-refractivity contribution is 0.00167. The predicted molar refractivity (Wildman–Crippen MR) is 115 cm³/mol. The van der Waals surface area contributed by atoms with E-state index >= 15 is 0 Å².